The SMILES string of the molecule is CCOc1cccc([C@@H](C)NC2CC[C@@H](c3ccc(OCC(=O)NS(C)(=O)=O)cc3)C2)c1. The molecule has 0 spiro atoms. The molecule has 0 radical (unpaired) electrons. The topological polar surface area (TPSA) is 93.7 Å². The summed E-state index contributed by atoms with van der Waals surface area (Å²) in [4.78, 5) is 11.6. The lowest BCUT2D eigenvalue weighted by atomic mass is 9.97. The Labute approximate surface area is 190 Å². The smallest absolute Gasteiger partial charge is 0.271 e. The van der Waals surface area contributed by atoms with Gasteiger partial charge in [0, 0.05) is 12.1 Å². The van der Waals surface area contributed by atoms with Crippen LogP contribution in [0.3, 0.4) is 0 Å². The van der Waals surface area contributed by atoms with Crippen molar-refractivity contribution in [2.75, 3.05) is 19.5 Å². The average Bonchev–Trinajstić information content (AvgIpc) is 3.20. The van der Waals surface area contributed by atoms with E-state index in [1.54, 1.807) is 0 Å². The Kier molecular flexibility index (Phi) is 8.15. The Hall–Kier alpha value is -2.58. The van der Waals surface area contributed by atoms with Crippen LogP contribution in [0, 0.1) is 0 Å². The van der Waals surface area contributed by atoms with Crippen molar-refractivity contribution in [1.82, 2.24) is 10.0 Å². The van der Waals surface area contributed by atoms with Gasteiger partial charge in [0.25, 0.3) is 5.91 Å². The number of carbonyl (C=O) groups is 1. The molecule has 3 atom stereocenters. The van der Waals surface area contributed by atoms with E-state index < -0.39 is 15.9 Å². The highest BCUT2D eigenvalue weighted by molar-refractivity contribution is 7.89. The van der Waals surface area contributed by atoms with Gasteiger partial charge >= 0.3 is 0 Å². The summed E-state index contributed by atoms with van der Waals surface area (Å²) in [5.74, 6) is 1.21. The molecule has 8 heteroatoms. The molecule has 1 fully saturated rings. The van der Waals surface area contributed by atoms with Crippen molar-refractivity contribution in [3.05, 3.63) is 59.7 Å². The van der Waals surface area contributed by atoms with E-state index in [9.17, 15) is 13.2 Å². The molecule has 1 aliphatic rings. The Morgan fingerprint density at radius 2 is 1.84 bits per heavy atom. The van der Waals surface area contributed by atoms with E-state index in [-0.39, 0.29) is 12.6 Å². The molecule has 32 heavy (non-hydrogen) atoms. The van der Waals surface area contributed by atoms with Crippen LogP contribution in [0.1, 0.15) is 56.2 Å². The molecule has 0 aliphatic heterocycles. The molecule has 3 rings (SSSR count). The van der Waals surface area contributed by atoms with E-state index in [1.165, 1.54) is 11.1 Å². The van der Waals surface area contributed by atoms with Gasteiger partial charge in [0.2, 0.25) is 10.0 Å². The molecule has 2 N–H and O–H groups in total. The van der Waals surface area contributed by atoms with Gasteiger partial charge in [-0.25, -0.2) is 8.42 Å². The van der Waals surface area contributed by atoms with Crippen LogP contribution in [0.15, 0.2) is 48.5 Å². The highest BCUT2D eigenvalue weighted by Gasteiger charge is 2.27. The van der Waals surface area contributed by atoms with E-state index >= 15 is 0 Å². The first-order valence-corrected chi connectivity index (χ1v) is 12.8. The van der Waals surface area contributed by atoms with Crippen molar-refractivity contribution in [3.8, 4) is 11.5 Å². The second-order valence-electron chi connectivity index (χ2n) is 8.26. The van der Waals surface area contributed by atoms with Crippen LogP contribution >= 0.6 is 0 Å². The summed E-state index contributed by atoms with van der Waals surface area (Å²) in [7, 11) is -3.57. The maximum Gasteiger partial charge on any atom is 0.271 e. The molecule has 1 amide bonds. The Morgan fingerprint density at radius 3 is 2.53 bits per heavy atom. The molecule has 174 valence electrons. The molecular weight excluding hydrogens is 428 g/mol. The van der Waals surface area contributed by atoms with Crippen LogP contribution in [0.4, 0.5) is 0 Å². The lowest BCUT2D eigenvalue weighted by molar-refractivity contribution is -0.121. The van der Waals surface area contributed by atoms with Crippen LogP contribution in [-0.2, 0) is 14.8 Å². The van der Waals surface area contributed by atoms with Gasteiger partial charge in [0.1, 0.15) is 11.5 Å². The highest BCUT2D eigenvalue weighted by Crippen LogP contribution is 2.36. The Bertz CT molecular complexity index is 1010. The number of amides is 1. The predicted molar refractivity (Wildman–Crippen MR) is 124 cm³/mol. The zero-order valence-electron chi connectivity index (χ0n) is 18.8. The molecule has 1 unspecified atom stereocenters. The van der Waals surface area contributed by atoms with Crippen LogP contribution < -0.4 is 19.5 Å². The molecule has 0 aromatic heterocycles. The van der Waals surface area contributed by atoms with Crippen molar-refractivity contribution < 1.29 is 22.7 Å². The zero-order chi connectivity index (χ0) is 23.1. The van der Waals surface area contributed by atoms with Crippen LogP contribution in [0.2, 0.25) is 0 Å². The van der Waals surface area contributed by atoms with Gasteiger partial charge in [-0.2, -0.15) is 0 Å². The normalized spacial score (nSPS) is 19.3. The first kappa shape index (κ1) is 24.1. The van der Waals surface area contributed by atoms with Gasteiger partial charge in [0.15, 0.2) is 6.61 Å². The van der Waals surface area contributed by atoms with Gasteiger partial charge in [-0.05, 0) is 74.4 Å². The fourth-order valence-corrected chi connectivity index (χ4v) is 4.62. The summed E-state index contributed by atoms with van der Waals surface area (Å²) in [5, 5.41) is 3.75. The maximum absolute atomic E-state index is 11.6. The largest absolute Gasteiger partial charge is 0.494 e. The number of hydrogen-bond acceptors (Lipinski definition) is 6. The number of benzene rings is 2. The third-order valence-electron chi connectivity index (χ3n) is 5.61. The van der Waals surface area contributed by atoms with Crippen molar-refractivity contribution in [1.29, 1.82) is 0 Å². The van der Waals surface area contributed by atoms with E-state index in [0.717, 1.165) is 31.3 Å². The number of nitrogens with one attached hydrogen (secondary N) is 2. The van der Waals surface area contributed by atoms with Crippen LogP contribution in [-0.4, -0.2) is 39.8 Å². The van der Waals surface area contributed by atoms with Crippen molar-refractivity contribution in [3.63, 3.8) is 0 Å². The second kappa shape index (κ2) is 10.8. The molecular formula is C24H32N2O5S. The quantitative estimate of drug-likeness (QED) is 0.563. The summed E-state index contributed by atoms with van der Waals surface area (Å²) >= 11 is 0. The van der Waals surface area contributed by atoms with E-state index in [4.69, 9.17) is 9.47 Å². The first-order chi connectivity index (χ1) is 15.2. The van der Waals surface area contributed by atoms with Gasteiger partial charge in [0.05, 0.1) is 12.9 Å². The summed E-state index contributed by atoms with van der Waals surface area (Å²) < 4.78 is 35.0. The van der Waals surface area contributed by atoms with Crippen molar-refractivity contribution in [2.24, 2.45) is 0 Å². The maximum atomic E-state index is 11.6. The standard InChI is InChI=1S/C24H32N2O5S/c1-4-30-23-7-5-6-19(15-23)17(2)25-21-11-8-20(14-21)18-9-12-22(13-10-18)31-16-24(27)26-32(3,28)29/h5-7,9-10,12-13,15,17,20-21,25H,4,8,11,14,16H2,1-3H3,(H,26,27)/t17-,20-,21?/m1/s1. The summed E-state index contributed by atoms with van der Waals surface area (Å²) in [6.45, 7) is 4.49. The molecule has 1 aliphatic carbocycles. The summed E-state index contributed by atoms with van der Waals surface area (Å²) in [5.41, 5.74) is 2.47. The second-order valence-corrected chi connectivity index (χ2v) is 10.0. The minimum absolute atomic E-state index is 0.244. The van der Waals surface area contributed by atoms with Crippen LogP contribution in [0.25, 0.3) is 0 Å². The van der Waals surface area contributed by atoms with Gasteiger partial charge < -0.3 is 14.8 Å². The fourth-order valence-electron chi connectivity index (χ4n) is 4.15. The van der Waals surface area contributed by atoms with E-state index in [2.05, 4.69) is 24.4 Å². The molecule has 0 saturated heterocycles. The zero-order valence-corrected chi connectivity index (χ0v) is 19.7. The summed E-state index contributed by atoms with van der Waals surface area (Å²) in [6, 6.07) is 16.6. The van der Waals surface area contributed by atoms with Crippen molar-refractivity contribution in [2.45, 2.75) is 51.1 Å². The van der Waals surface area contributed by atoms with Crippen molar-refractivity contribution >= 4 is 15.9 Å². The number of carbonyl (C=O) groups excluding carboxylic acids is 1. The fraction of sp³-hybridized carbons (Fsp3) is 0.458. The monoisotopic (exact) mass is 460 g/mol. The molecule has 1 saturated carbocycles. The number of hydrogen-bond donors (Lipinski definition) is 2. The number of sulfonamides is 1. The van der Waals surface area contributed by atoms with Gasteiger partial charge in [-0.1, -0.05) is 24.3 Å². The van der Waals surface area contributed by atoms with Crippen LogP contribution in [0.5, 0.6) is 11.5 Å². The molecule has 2 aromatic rings. The Morgan fingerprint density at radius 1 is 1.09 bits per heavy atom. The highest BCUT2D eigenvalue weighted by atomic mass is 32.2. The molecule has 7 nitrogen and oxygen atoms in total. The lowest BCUT2D eigenvalue weighted by Crippen LogP contribution is -2.33. The lowest BCUT2D eigenvalue weighted by Gasteiger charge is -2.21. The van der Waals surface area contributed by atoms with E-state index in [1.807, 2.05) is 48.0 Å². The molecule has 0 heterocycles. The summed E-state index contributed by atoms with van der Waals surface area (Å²) in [6.07, 6.45) is 4.22. The predicted octanol–water partition coefficient (Wildman–Crippen LogP) is 3.53. The third-order valence-corrected chi connectivity index (χ3v) is 6.21. The minimum atomic E-state index is -3.57. The first-order valence-electron chi connectivity index (χ1n) is 11.0. The third kappa shape index (κ3) is 7.24. The van der Waals surface area contributed by atoms with Gasteiger partial charge in [-0.15, -0.1) is 0 Å². The average molecular weight is 461 g/mol. The Balaban J connectivity index is 1.49. The number of ether oxygens (including phenoxy) is 2. The van der Waals surface area contributed by atoms with Gasteiger partial charge in [-0.3, -0.25) is 9.52 Å². The minimum Gasteiger partial charge on any atom is -0.494 e. The molecule has 0 bridgehead atoms. The van der Waals surface area contributed by atoms with E-state index in [0.29, 0.717) is 24.3 Å². The molecule has 2 aromatic carbocycles. The number of rotatable bonds is 10.